The van der Waals surface area contributed by atoms with Gasteiger partial charge in [0.2, 0.25) is 0 Å². The fraction of sp³-hybridized carbons (Fsp3) is 0.409. The van der Waals surface area contributed by atoms with Crippen molar-refractivity contribution >= 4 is 11.7 Å². The Morgan fingerprint density at radius 1 is 1.15 bits per heavy atom. The van der Waals surface area contributed by atoms with Crippen molar-refractivity contribution in [2.45, 2.75) is 52.0 Å². The number of Topliss-reactive ketones (excluding diaryl/α,β-unsaturated/α-hetero) is 1. The van der Waals surface area contributed by atoms with Crippen molar-refractivity contribution in [1.82, 2.24) is 9.88 Å². The lowest BCUT2D eigenvalue weighted by atomic mass is 9.95. The summed E-state index contributed by atoms with van der Waals surface area (Å²) in [6.07, 6.45) is 4.75. The van der Waals surface area contributed by atoms with Crippen LogP contribution < -0.4 is 5.56 Å². The maximum Gasteiger partial charge on any atom is 0.261 e. The Hall–Kier alpha value is -2.69. The summed E-state index contributed by atoms with van der Waals surface area (Å²) >= 11 is 0. The normalized spacial score (nSPS) is 17.0. The number of amides is 1. The van der Waals surface area contributed by atoms with E-state index in [4.69, 9.17) is 0 Å². The second kappa shape index (κ2) is 8.33. The van der Waals surface area contributed by atoms with Gasteiger partial charge in [-0.2, -0.15) is 0 Å². The molecule has 1 aliphatic heterocycles. The summed E-state index contributed by atoms with van der Waals surface area (Å²) in [5, 5.41) is 0. The van der Waals surface area contributed by atoms with Crippen molar-refractivity contribution in [1.29, 1.82) is 0 Å². The minimum Gasteiger partial charge on any atom is -0.335 e. The highest BCUT2D eigenvalue weighted by Crippen LogP contribution is 2.23. The molecule has 1 aromatic carbocycles. The number of aromatic nitrogens is 1. The maximum atomic E-state index is 13.1. The molecule has 1 aliphatic rings. The molecule has 3 rings (SSSR count). The van der Waals surface area contributed by atoms with Crippen LogP contribution >= 0.6 is 0 Å². The number of aryl methyl sites for hydroxylation is 2. The molecule has 0 bridgehead atoms. The smallest absolute Gasteiger partial charge is 0.261 e. The van der Waals surface area contributed by atoms with Crippen LogP contribution in [0.1, 0.15) is 64.6 Å². The molecule has 0 radical (unpaired) electrons. The van der Waals surface area contributed by atoms with E-state index in [1.54, 1.807) is 6.92 Å². The summed E-state index contributed by atoms with van der Waals surface area (Å²) in [5.41, 5.74) is 1.80. The van der Waals surface area contributed by atoms with Crippen LogP contribution in [0.3, 0.4) is 0 Å². The van der Waals surface area contributed by atoms with Crippen LogP contribution in [0.15, 0.2) is 41.2 Å². The van der Waals surface area contributed by atoms with Crippen molar-refractivity contribution in [2.75, 3.05) is 6.54 Å². The lowest BCUT2D eigenvalue weighted by Gasteiger charge is -2.36. The van der Waals surface area contributed by atoms with E-state index in [1.165, 1.54) is 18.6 Å². The number of benzene rings is 1. The van der Waals surface area contributed by atoms with Crippen LogP contribution in [0.2, 0.25) is 0 Å². The number of carbonyl (C=O) groups excluding carboxylic acids is 2. The van der Waals surface area contributed by atoms with E-state index in [1.807, 2.05) is 23.1 Å². The minimum absolute atomic E-state index is 0.0670. The number of nitrogens with one attached hydrogen (secondary N) is 1. The molecule has 1 unspecified atom stereocenters. The van der Waals surface area contributed by atoms with E-state index < -0.39 is 5.56 Å². The van der Waals surface area contributed by atoms with Gasteiger partial charge in [-0.25, -0.2) is 0 Å². The molecule has 5 nitrogen and oxygen atoms in total. The fourth-order valence-electron chi connectivity index (χ4n) is 3.85. The van der Waals surface area contributed by atoms with Gasteiger partial charge in [0.25, 0.3) is 11.5 Å². The van der Waals surface area contributed by atoms with Gasteiger partial charge in [-0.3, -0.25) is 14.4 Å². The number of rotatable bonds is 5. The quantitative estimate of drug-likeness (QED) is 0.823. The largest absolute Gasteiger partial charge is 0.335 e. The molecule has 1 saturated heterocycles. The molecule has 0 spiro atoms. The van der Waals surface area contributed by atoms with Crippen LogP contribution in [0, 0.1) is 6.92 Å². The second-order valence-corrected chi connectivity index (χ2v) is 7.28. The number of H-pyrrole nitrogens is 1. The van der Waals surface area contributed by atoms with Gasteiger partial charge < -0.3 is 9.88 Å². The third-order valence-electron chi connectivity index (χ3n) is 5.35. The van der Waals surface area contributed by atoms with E-state index in [2.05, 4.69) is 17.1 Å². The molecule has 1 aromatic heterocycles. The number of carbonyl (C=O) groups is 2. The van der Waals surface area contributed by atoms with Crippen LogP contribution in [-0.4, -0.2) is 34.2 Å². The number of piperidine rings is 1. The Labute approximate surface area is 159 Å². The highest BCUT2D eigenvalue weighted by molar-refractivity contribution is 6.00. The van der Waals surface area contributed by atoms with Gasteiger partial charge in [-0.05, 0) is 57.6 Å². The number of ketones is 1. The zero-order valence-electron chi connectivity index (χ0n) is 16.0. The number of nitrogens with zero attached hydrogens (tertiary/aromatic N) is 1. The van der Waals surface area contributed by atoms with E-state index in [9.17, 15) is 14.4 Å². The van der Waals surface area contributed by atoms with Gasteiger partial charge in [0.05, 0.1) is 0 Å². The zero-order chi connectivity index (χ0) is 19.4. The third-order valence-corrected chi connectivity index (χ3v) is 5.35. The van der Waals surface area contributed by atoms with Crippen LogP contribution in [0.5, 0.6) is 0 Å². The van der Waals surface area contributed by atoms with Gasteiger partial charge >= 0.3 is 0 Å². The number of hydrogen-bond acceptors (Lipinski definition) is 3. The summed E-state index contributed by atoms with van der Waals surface area (Å²) in [6.45, 7) is 3.77. The summed E-state index contributed by atoms with van der Waals surface area (Å²) < 4.78 is 0. The Bertz CT molecular complexity index is 886. The molecule has 0 saturated carbocycles. The Morgan fingerprint density at radius 3 is 2.59 bits per heavy atom. The number of pyridine rings is 1. The predicted molar refractivity (Wildman–Crippen MR) is 105 cm³/mol. The lowest BCUT2D eigenvalue weighted by Crippen LogP contribution is -2.45. The average Bonchev–Trinajstić information content (AvgIpc) is 2.66. The summed E-state index contributed by atoms with van der Waals surface area (Å²) in [6, 6.07) is 11.8. The van der Waals surface area contributed by atoms with E-state index >= 15 is 0 Å². The monoisotopic (exact) mass is 366 g/mol. The SMILES string of the molecule is CC(=O)c1cc(C(=O)N2CCCCC2CCc2ccccc2)c(=O)[nH]c1C. The summed E-state index contributed by atoms with van der Waals surface area (Å²) in [7, 11) is 0. The second-order valence-electron chi connectivity index (χ2n) is 7.28. The van der Waals surface area contributed by atoms with Gasteiger partial charge in [0, 0.05) is 23.8 Å². The molecule has 142 valence electrons. The molecular weight excluding hydrogens is 340 g/mol. The van der Waals surface area contributed by atoms with E-state index in [0.717, 1.165) is 32.1 Å². The summed E-state index contributed by atoms with van der Waals surface area (Å²) in [4.78, 5) is 41.8. The first-order valence-electron chi connectivity index (χ1n) is 9.57. The standard InChI is InChI=1S/C22H26N2O3/c1-15-19(16(2)25)14-20(21(26)23-15)22(27)24-13-7-6-10-18(24)12-11-17-8-4-3-5-9-17/h3-5,8-9,14,18H,6-7,10-13H2,1-2H3,(H,23,26). The fourth-order valence-corrected chi connectivity index (χ4v) is 3.85. The highest BCUT2D eigenvalue weighted by atomic mass is 16.2. The molecule has 1 atom stereocenters. The molecule has 1 fully saturated rings. The van der Waals surface area contributed by atoms with Gasteiger partial charge in [-0.1, -0.05) is 30.3 Å². The molecule has 1 N–H and O–H groups in total. The topological polar surface area (TPSA) is 70.2 Å². The van der Waals surface area contributed by atoms with Crippen LogP contribution in [-0.2, 0) is 6.42 Å². The molecule has 1 amide bonds. The molecule has 27 heavy (non-hydrogen) atoms. The molecule has 2 heterocycles. The van der Waals surface area contributed by atoms with Crippen LogP contribution in [0.4, 0.5) is 0 Å². The first kappa shape index (κ1) is 19.1. The predicted octanol–water partition coefficient (Wildman–Crippen LogP) is 3.51. The highest BCUT2D eigenvalue weighted by Gasteiger charge is 2.29. The van der Waals surface area contributed by atoms with Crippen molar-refractivity contribution in [3.05, 3.63) is 69.1 Å². The molecule has 5 heteroatoms. The maximum absolute atomic E-state index is 13.1. The van der Waals surface area contributed by atoms with Crippen LogP contribution in [0.25, 0.3) is 0 Å². The van der Waals surface area contributed by atoms with Crippen molar-refractivity contribution < 1.29 is 9.59 Å². The van der Waals surface area contributed by atoms with Gasteiger partial charge in [0.15, 0.2) is 5.78 Å². The first-order valence-corrected chi connectivity index (χ1v) is 9.57. The number of likely N-dealkylation sites (tertiary alicyclic amines) is 1. The first-order chi connectivity index (χ1) is 13.0. The van der Waals surface area contributed by atoms with E-state index in [0.29, 0.717) is 17.8 Å². The zero-order valence-corrected chi connectivity index (χ0v) is 16.0. The van der Waals surface area contributed by atoms with Crippen molar-refractivity contribution in [3.8, 4) is 0 Å². The lowest BCUT2D eigenvalue weighted by molar-refractivity contribution is 0.0600. The Morgan fingerprint density at radius 2 is 1.89 bits per heavy atom. The summed E-state index contributed by atoms with van der Waals surface area (Å²) in [5.74, 6) is -0.423. The third kappa shape index (κ3) is 4.35. The van der Waals surface area contributed by atoms with Crippen molar-refractivity contribution in [3.63, 3.8) is 0 Å². The van der Waals surface area contributed by atoms with E-state index in [-0.39, 0.29) is 23.3 Å². The van der Waals surface area contributed by atoms with Crippen molar-refractivity contribution in [2.24, 2.45) is 0 Å². The minimum atomic E-state index is -0.421. The Kier molecular flexibility index (Phi) is 5.89. The Balaban J connectivity index is 1.82. The molecule has 0 aliphatic carbocycles. The molecular formula is C22H26N2O3. The number of hydrogen-bond donors (Lipinski definition) is 1. The molecule has 2 aromatic rings. The van der Waals surface area contributed by atoms with Gasteiger partial charge in [-0.15, -0.1) is 0 Å². The van der Waals surface area contributed by atoms with Gasteiger partial charge in [0.1, 0.15) is 5.56 Å². The average molecular weight is 366 g/mol. The number of aromatic amines is 1.